The van der Waals surface area contributed by atoms with Gasteiger partial charge in [0.2, 0.25) is 0 Å². The second kappa shape index (κ2) is 3.95. The van der Waals surface area contributed by atoms with Crippen LogP contribution < -0.4 is 5.73 Å². The highest BCUT2D eigenvalue weighted by molar-refractivity contribution is 4.93. The lowest BCUT2D eigenvalue weighted by Gasteiger charge is -2.41. The summed E-state index contributed by atoms with van der Waals surface area (Å²) in [5.41, 5.74) is 5.50. The summed E-state index contributed by atoms with van der Waals surface area (Å²) in [5, 5.41) is 0. The Balaban J connectivity index is 1.57. The van der Waals surface area contributed by atoms with E-state index in [1.54, 1.807) is 0 Å². The quantitative estimate of drug-likeness (QED) is 0.650. The lowest BCUT2D eigenvalue weighted by atomic mass is 9.99. The lowest BCUT2D eigenvalue weighted by Crippen LogP contribution is -2.52. The highest BCUT2D eigenvalue weighted by Crippen LogP contribution is 2.32. The average molecular weight is 183 g/mol. The van der Waals surface area contributed by atoms with Crippen LogP contribution in [0.15, 0.2) is 0 Å². The number of likely N-dealkylation sites (N-methyl/N-ethyl adjacent to an activating group) is 1. The Morgan fingerprint density at radius 1 is 1.38 bits per heavy atom. The molecule has 13 heavy (non-hydrogen) atoms. The molecule has 0 unspecified atom stereocenters. The van der Waals surface area contributed by atoms with Crippen LogP contribution in [0.5, 0.6) is 0 Å². The van der Waals surface area contributed by atoms with Crippen LogP contribution in [0.3, 0.4) is 0 Å². The van der Waals surface area contributed by atoms with Crippen molar-refractivity contribution in [1.82, 2.24) is 9.80 Å². The first-order valence-corrected chi connectivity index (χ1v) is 5.42. The van der Waals surface area contributed by atoms with E-state index in [-0.39, 0.29) is 0 Å². The van der Waals surface area contributed by atoms with Crippen molar-refractivity contribution >= 4 is 0 Å². The highest BCUT2D eigenvalue weighted by Gasteiger charge is 2.37. The first kappa shape index (κ1) is 9.44. The summed E-state index contributed by atoms with van der Waals surface area (Å²) in [6.45, 7) is 5.73. The topological polar surface area (TPSA) is 32.5 Å². The molecular formula is C10H21N3. The zero-order valence-electron chi connectivity index (χ0n) is 8.58. The van der Waals surface area contributed by atoms with Gasteiger partial charge in [-0.2, -0.15) is 0 Å². The third-order valence-electron chi connectivity index (χ3n) is 3.13. The summed E-state index contributed by atoms with van der Waals surface area (Å²) in [6, 6.07) is 0.969. The Morgan fingerprint density at radius 2 is 2.08 bits per heavy atom. The van der Waals surface area contributed by atoms with Gasteiger partial charge in [-0.25, -0.2) is 0 Å². The molecule has 3 heteroatoms. The van der Waals surface area contributed by atoms with E-state index >= 15 is 0 Å². The molecule has 0 amide bonds. The number of rotatable bonds is 5. The zero-order chi connectivity index (χ0) is 9.26. The Morgan fingerprint density at radius 3 is 2.62 bits per heavy atom. The fourth-order valence-corrected chi connectivity index (χ4v) is 2.22. The molecule has 76 valence electrons. The lowest BCUT2D eigenvalue weighted by molar-refractivity contribution is 0.0677. The van der Waals surface area contributed by atoms with Crippen molar-refractivity contribution in [2.75, 3.05) is 39.8 Å². The van der Waals surface area contributed by atoms with Crippen molar-refractivity contribution in [2.24, 2.45) is 11.7 Å². The van der Waals surface area contributed by atoms with Crippen LogP contribution in [0, 0.1) is 5.92 Å². The SMILES string of the molecule is CN(CCN)CC1CN(C2CC2)C1. The molecule has 2 aliphatic rings. The molecule has 2 fully saturated rings. The third-order valence-corrected chi connectivity index (χ3v) is 3.13. The fourth-order valence-electron chi connectivity index (χ4n) is 2.22. The third kappa shape index (κ3) is 2.42. The van der Waals surface area contributed by atoms with Gasteiger partial charge in [0, 0.05) is 38.8 Å². The van der Waals surface area contributed by atoms with Crippen LogP contribution in [0.25, 0.3) is 0 Å². The maximum atomic E-state index is 5.50. The molecule has 0 bridgehead atoms. The molecule has 1 aliphatic heterocycles. The van der Waals surface area contributed by atoms with Gasteiger partial charge in [-0.05, 0) is 25.8 Å². The van der Waals surface area contributed by atoms with Gasteiger partial charge in [0.1, 0.15) is 0 Å². The van der Waals surface area contributed by atoms with Crippen molar-refractivity contribution in [3.63, 3.8) is 0 Å². The van der Waals surface area contributed by atoms with Gasteiger partial charge in [0.05, 0.1) is 0 Å². The van der Waals surface area contributed by atoms with E-state index in [0.717, 1.165) is 25.0 Å². The highest BCUT2D eigenvalue weighted by atomic mass is 15.3. The molecule has 1 saturated heterocycles. The minimum Gasteiger partial charge on any atom is -0.329 e. The summed E-state index contributed by atoms with van der Waals surface area (Å²) < 4.78 is 0. The minimum absolute atomic E-state index is 0.787. The molecule has 1 aliphatic carbocycles. The summed E-state index contributed by atoms with van der Waals surface area (Å²) in [6.07, 6.45) is 2.90. The fraction of sp³-hybridized carbons (Fsp3) is 1.00. The Labute approximate surface area is 80.9 Å². The summed E-state index contributed by atoms with van der Waals surface area (Å²) in [5.74, 6) is 0.914. The zero-order valence-corrected chi connectivity index (χ0v) is 8.58. The van der Waals surface area contributed by atoms with Gasteiger partial charge >= 0.3 is 0 Å². The average Bonchev–Trinajstić information content (AvgIpc) is 2.79. The Bertz CT molecular complexity index is 162. The first-order chi connectivity index (χ1) is 6.29. The van der Waals surface area contributed by atoms with E-state index in [9.17, 15) is 0 Å². The van der Waals surface area contributed by atoms with E-state index in [1.807, 2.05) is 0 Å². The predicted octanol–water partition coefficient (Wildman–Crippen LogP) is -0.0289. The van der Waals surface area contributed by atoms with E-state index < -0.39 is 0 Å². The van der Waals surface area contributed by atoms with Crippen molar-refractivity contribution in [3.8, 4) is 0 Å². The molecule has 0 spiro atoms. The van der Waals surface area contributed by atoms with Crippen molar-refractivity contribution in [1.29, 1.82) is 0 Å². The maximum absolute atomic E-state index is 5.50. The Hall–Kier alpha value is -0.120. The van der Waals surface area contributed by atoms with Gasteiger partial charge in [-0.3, -0.25) is 4.90 Å². The molecule has 0 aromatic rings. The molecule has 0 aromatic carbocycles. The van der Waals surface area contributed by atoms with Crippen LogP contribution in [0.2, 0.25) is 0 Å². The molecule has 1 heterocycles. The predicted molar refractivity (Wildman–Crippen MR) is 54.6 cm³/mol. The van der Waals surface area contributed by atoms with Crippen molar-refractivity contribution in [2.45, 2.75) is 18.9 Å². The molecule has 2 N–H and O–H groups in total. The van der Waals surface area contributed by atoms with E-state index in [2.05, 4.69) is 16.8 Å². The molecule has 1 saturated carbocycles. The summed E-state index contributed by atoms with van der Waals surface area (Å²) in [4.78, 5) is 4.98. The second-order valence-electron chi connectivity index (χ2n) is 4.60. The summed E-state index contributed by atoms with van der Waals surface area (Å²) in [7, 11) is 2.17. The van der Waals surface area contributed by atoms with Crippen LogP contribution in [-0.2, 0) is 0 Å². The van der Waals surface area contributed by atoms with Gasteiger partial charge in [0.15, 0.2) is 0 Å². The molecule has 2 rings (SSSR count). The van der Waals surface area contributed by atoms with Gasteiger partial charge in [-0.15, -0.1) is 0 Å². The van der Waals surface area contributed by atoms with E-state index in [4.69, 9.17) is 5.73 Å². The van der Waals surface area contributed by atoms with Gasteiger partial charge < -0.3 is 10.6 Å². The first-order valence-electron chi connectivity index (χ1n) is 5.42. The van der Waals surface area contributed by atoms with Gasteiger partial charge in [-0.1, -0.05) is 0 Å². The van der Waals surface area contributed by atoms with Crippen molar-refractivity contribution < 1.29 is 0 Å². The molecular weight excluding hydrogens is 162 g/mol. The molecule has 3 nitrogen and oxygen atoms in total. The molecule has 0 radical (unpaired) electrons. The summed E-state index contributed by atoms with van der Waals surface area (Å²) >= 11 is 0. The number of likely N-dealkylation sites (tertiary alicyclic amines) is 1. The number of hydrogen-bond donors (Lipinski definition) is 1. The van der Waals surface area contributed by atoms with Crippen LogP contribution in [0.4, 0.5) is 0 Å². The normalized spacial score (nSPS) is 25.2. The molecule has 0 atom stereocenters. The number of nitrogens with zero attached hydrogens (tertiary/aromatic N) is 2. The van der Waals surface area contributed by atoms with Crippen molar-refractivity contribution in [3.05, 3.63) is 0 Å². The van der Waals surface area contributed by atoms with Crippen LogP contribution >= 0.6 is 0 Å². The molecule has 0 aromatic heterocycles. The van der Waals surface area contributed by atoms with Crippen LogP contribution in [-0.4, -0.2) is 55.6 Å². The van der Waals surface area contributed by atoms with Gasteiger partial charge in [0.25, 0.3) is 0 Å². The van der Waals surface area contributed by atoms with E-state index in [0.29, 0.717) is 0 Å². The smallest absolute Gasteiger partial charge is 0.0102 e. The number of nitrogens with two attached hydrogens (primary N) is 1. The standard InChI is InChI=1S/C10H21N3/c1-12(5-4-11)6-9-7-13(8-9)10-2-3-10/h9-10H,2-8,11H2,1H3. The minimum atomic E-state index is 0.787. The Kier molecular flexibility index (Phi) is 2.86. The monoisotopic (exact) mass is 183 g/mol. The van der Waals surface area contributed by atoms with Crippen LogP contribution in [0.1, 0.15) is 12.8 Å². The number of hydrogen-bond acceptors (Lipinski definition) is 3. The van der Waals surface area contributed by atoms with E-state index in [1.165, 1.54) is 32.5 Å². The second-order valence-corrected chi connectivity index (χ2v) is 4.60. The maximum Gasteiger partial charge on any atom is 0.0102 e. The largest absolute Gasteiger partial charge is 0.329 e.